The molecule has 0 unspecified atom stereocenters. The molecule has 0 fully saturated rings. The van der Waals surface area contributed by atoms with E-state index < -0.39 is 15.9 Å². The van der Waals surface area contributed by atoms with Gasteiger partial charge in [0, 0.05) is 22.7 Å². The number of carbonyl (C=O) groups is 1. The SMILES string of the molecule is O=C(/C=C/c1c(Cl)nc2sccn12)NS(=O)(=O)c1cccc(Cl)c1. The average Bonchev–Trinajstić information content (AvgIpc) is 3.05. The summed E-state index contributed by atoms with van der Waals surface area (Å²) in [6.45, 7) is 0. The first kappa shape index (κ1) is 17.0. The van der Waals surface area contributed by atoms with Crippen LogP contribution in [0, 0.1) is 0 Å². The van der Waals surface area contributed by atoms with E-state index in [4.69, 9.17) is 23.2 Å². The minimum atomic E-state index is -4.00. The number of sulfonamides is 1. The molecule has 124 valence electrons. The van der Waals surface area contributed by atoms with Gasteiger partial charge in [0.25, 0.3) is 15.9 Å². The minimum Gasteiger partial charge on any atom is -0.289 e. The number of hydrogen-bond donors (Lipinski definition) is 1. The van der Waals surface area contributed by atoms with Crippen LogP contribution >= 0.6 is 34.5 Å². The summed E-state index contributed by atoms with van der Waals surface area (Å²) in [4.78, 5) is 16.6. The van der Waals surface area contributed by atoms with Crippen molar-refractivity contribution in [2.45, 2.75) is 4.90 Å². The van der Waals surface area contributed by atoms with Crippen LogP contribution in [0.5, 0.6) is 0 Å². The van der Waals surface area contributed by atoms with Gasteiger partial charge in [-0.2, -0.15) is 0 Å². The Bertz CT molecular complexity index is 1050. The summed E-state index contributed by atoms with van der Waals surface area (Å²) in [5.41, 5.74) is 0.489. The maximum Gasteiger partial charge on any atom is 0.264 e. The highest BCUT2D eigenvalue weighted by Crippen LogP contribution is 2.22. The van der Waals surface area contributed by atoms with Crippen LogP contribution in [0.2, 0.25) is 10.2 Å². The Morgan fingerprint density at radius 1 is 1.33 bits per heavy atom. The molecule has 0 atom stereocenters. The number of carbonyl (C=O) groups excluding carboxylic acids is 1. The van der Waals surface area contributed by atoms with Gasteiger partial charge in [-0.1, -0.05) is 29.3 Å². The van der Waals surface area contributed by atoms with E-state index in [0.29, 0.717) is 10.7 Å². The molecule has 3 rings (SSSR count). The Kier molecular flexibility index (Phi) is 4.64. The highest BCUT2D eigenvalue weighted by molar-refractivity contribution is 7.90. The molecule has 3 aromatic rings. The quantitative estimate of drug-likeness (QED) is 0.680. The number of amides is 1. The number of halogens is 2. The van der Waals surface area contributed by atoms with E-state index in [1.165, 1.54) is 41.7 Å². The highest BCUT2D eigenvalue weighted by Gasteiger charge is 2.17. The summed E-state index contributed by atoms with van der Waals surface area (Å²) in [6, 6.07) is 5.62. The van der Waals surface area contributed by atoms with Crippen molar-refractivity contribution in [2.75, 3.05) is 0 Å². The molecular formula is C14H9Cl2N3O3S2. The standard InChI is InChI=1S/C14H9Cl2N3O3S2/c15-9-2-1-3-10(8-9)24(21,22)18-12(20)5-4-11-13(16)17-14-19(11)6-7-23-14/h1-8H,(H,18,20)/b5-4+. The van der Waals surface area contributed by atoms with Gasteiger partial charge in [-0.25, -0.2) is 18.1 Å². The van der Waals surface area contributed by atoms with Gasteiger partial charge in [0.2, 0.25) is 0 Å². The number of aromatic nitrogens is 2. The second-order valence-corrected chi connectivity index (χ2v) is 7.95. The Morgan fingerprint density at radius 2 is 2.12 bits per heavy atom. The third kappa shape index (κ3) is 3.46. The van der Waals surface area contributed by atoms with Gasteiger partial charge in [0.1, 0.15) is 0 Å². The molecule has 0 aliphatic carbocycles. The van der Waals surface area contributed by atoms with Crippen molar-refractivity contribution >= 4 is 61.5 Å². The predicted molar refractivity (Wildman–Crippen MR) is 93.9 cm³/mol. The summed E-state index contributed by atoms with van der Waals surface area (Å²) >= 11 is 13.2. The smallest absolute Gasteiger partial charge is 0.264 e. The summed E-state index contributed by atoms with van der Waals surface area (Å²) in [5.74, 6) is -0.809. The van der Waals surface area contributed by atoms with E-state index in [1.807, 2.05) is 10.1 Å². The van der Waals surface area contributed by atoms with E-state index in [2.05, 4.69) is 4.98 Å². The second-order valence-electron chi connectivity index (χ2n) is 4.60. The lowest BCUT2D eigenvalue weighted by molar-refractivity contribution is -0.114. The van der Waals surface area contributed by atoms with Gasteiger partial charge in [0.05, 0.1) is 10.6 Å². The van der Waals surface area contributed by atoms with Crippen LogP contribution in [0.3, 0.4) is 0 Å². The number of nitrogens with zero attached hydrogens (tertiary/aromatic N) is 2. The zero-order valence-corrected chi connectivity index (χ0v) is 15.0. The Hall–Kier alpha value is -1.87. The molecule has 0 aliphatic heterocycles. The summed E-state index contributed by atoms with van der Waals surface area (Å²) in [6.07, 6.45) is 4.23. The van der Waals surface area contributed by atoms with Crippen LogP contribution in [-0.4, -0.2) is 23.7 Å². The van der Waals surface area contributed by atoms with Crippen molar-refractivity contribution < 1.29 is 13.2 Å². The van der Waals surface area contributed by atoms with Crippen LogP contribution in [0.25, 0.3) is 11.0 Å². The van der Waals surface area contributed by atoms with Crippen LogP contribution in [0.15, 0.2) is 46.8 Å². The van der Waals surface area contributed by atoms with Crippen LogP contribution in [-0.2, 0) is 14.8 Å². The van der Waals surface area contributed by atoms with E-state index >= 15 is 0 Å². The lowest BCUT2D eigenvalue weighted by atomic mass is 10.4. The molecule has 0 saturated carbocycles. The molecule has 1 amide bonds. The largest absolute Gasteiger partial charge is 0.289 e. The Morgan fingerprint density at radius 3 is 2.88 bits per heavy atom. The molecule has 2 heterocycles. The van der Waals surface area contributed by atoms with Crippen molar-refractivity contribution in [2.24, 2.45) is 0 Å². The molecule has 1 aromatic carbocycles. The molecule has 1 N–H and O–H groups in total. The monoisotopic (exact) mass is 401 g/mol. The topological polar surface area (TPSA) is 80.5 Å². The molecule has 0 bridgehead atoms. The van der Waals surface area contributed by atoms with Crippen LogP contribution in [0.1, 0.15) is 5.69 Å². The Labute approximate surface area is 151 Å². The van der Waals surface area contributed by atoms with Gasteiger partial charge in [-0.15, -0.1) is 11.3 Å². The number of rotatable bonds is 4. The number of hydrogen-bond acceptors (Lipinski definition) is 5. The third-order valence-electron chi connectivity index (χ3n) is 2.99. The fourth-order valence-electron chi connectivity index (χ4n) is 1.94. The zero-order chi connectivity index (χ0) is 17.3. The van der Waals surface area contributed by atoms with Crippen LogP contribution < -0.4 is 4.72 Å². The molecule has 10 heteroatoms. The normalized spacial score (nSPS) is 12.1. The lowest BCUT2D eigenvalue weighted by Gasteiger charge is -2.04. The number of imidazole rings is 1. The first-order chi connectivity index (χ1) is 11.4. The van der Waals surface area contributed by atoms with Gasteiger partial charge < -0.3 is 0 Å². The van der Waals surface area contributed by atoms with Crippen LogP contribution in [0.4, 0.5) is 0 Å². The first-order valence-electron chi connectivity index (χ1n) is 6.48. The summed E-state index contributed by atoms with van der Waals surface area (Å²) < 4.78 is 27.9. The number of nitrogens with one attached hydrogen (secondary N) is 1. The van der Waals surface area contributed by atoms with E-state index in [9.17, 15) is 13.2 Å². The number of thiazole rings is 1. The predicted octanol–water partition coefficient (Wildman–Crippen LogP) is 3.22. The molecule has 0 spiro atoms. The minimum absolute atomic E-state index is 0.0978. The fourth-order valence-corrected chi connectivity index (χ4v) is 4.19. The maximum atomic E-state index is 12.1. The molecule has 24 heavy (non-hydrogen) atoms. The van der Waals surface area contributed by atoms with E-state index in [1.54, 1.807) is 10.6 Å². The lowest BCUT2D eigenvalue weighted by Crippen LogP contribution is -2.28. The van der Waals surface area contributed by atoms with Gasteiger partial charge >= 0.3 is 0 Å². The molecule has 0 radical (unpaired) electrons. The molecule has 0 saturated heterocycles. The van der Waals surface area contributed by atoms with Crippen molar-refractivity contribution in [1.82, 2.24) is 14.1 Å². The summed E-state index contributed by atoms with van der Waals surface area (Å²) in [5, 5.41) is 2.30. The fraction of sp³-hybridized carbons (Fsp3) is 0. The highest BCUT2D eigenvalue weighted by atomic mass is 35.5. The average molecular weight is 402 g/mol. The molecule has 2 aromatic heterocycles. The van der Waals surface area contributed by atoms with Crippen molar-refractivity contribution in [1.29, 1.82) is 0 Å². The van der Waals surface area contributed by atoms with E-state index in [0.717, 1.165) is 6.08 Å². The maximum absolute atomic E-state index is 12.1. The zero-order valence-electron chi connectivity index (χ0n) is 11.8. The van der Waals surface area contributed by atoms with E-state index in [-0.39, 0.29) is 15.1 Å². The second kappa shape index (κ2) is 6.56. The van der Waals surface area contributed by atoms with Gasteiger partial charge in [-0.3, -0.25) is 9.20 Å². The molecular weight excluding hydrogens is 393 g/mol. The van der Waals surface area contributed by atoms with Gasteiger partial charge in [-0.05, 0) is 24.3 Å². The van der Waals surface area contributed by atoms with Crippen molar-refractivity contribution in [3.63, 3.8) is 0 Å². The van der Waals surface area contributed by atoms with Gasteiger partial charge in [0.15, 0.2) is 10.1 Å². The number of benzene rings is 1. The molecule has 6 nitrogen and oxygen atoms in total. The Balaban J connectivity index is 1.80. The van der Waals surface area contributed by atoms with Crippen molar-refractivity contribution in [3.8, 4) is 0 Å². The number of fused-ring (bicyclic) bond motifs is 1. The third-order valence-corrected chi connectivity index (χ3v) is 5.60. The summed E-state index contributed by atoms with van der Waals surface area (Å²) in [7, 11) is -4.00. The first-order valence-corrected chi connectivity index (χ1v) is 9.60. The molecule has 0 aliphatic rings. The van der Waals surface area contributed by atoms with Crippen molar-refractivity contribution in [3.05, 3.63) is 57.8 Å².